The molecule has 2 heterocycles. The van der Waals surface area contributed by atoms with Crippen LogP contribution in [0.1, 0.15) is 5.56 Å². The van der Waals surface area contributed by atoms with E-state index in [9.17, 15) is 0 Å². The summed E-state index contributed by atoms with van der Waals surface area (Å²) in [4.78, 5) is 4.06. The molecule has 0 saturated heterocycles. The van der Waals surface area contributed by atoms with E-state index < -0.39 is 0 Å². The van der Waals surface area contributed by atoms with Gasteiger partial charge in [0, 0.05) is 24.8 Å². The van der Waals surface area contributed by atoms with Gasteiger partial charge in [-0.3, -0.25) is 4.99 Å². The summed E-state index contributed by atoms with van der Waals surface area (Å²) in [7, 11) is 0. The van der Waals surface area contributed by atoms with Crippen LogP contribution in [0.2, 0.25) is 0 Å². The zero-order valence-electron chi connectivity index (χ0n) is 9.24. The Bertz CT molecular complexity index is 487. The molecular formula is C14H12NO2. The first kappa shape index (κ1) is 10.1. The molecule has 1 unspecified atom stereocenters. The topological polar surface area (TPSA) is 30.8 Å². The fourth-order valence-electron chi connectivity index (χ4n) is 1.84. The third kappa shape index (κ3) is 2.23. The van der Waals surface area contributed by atoms with Crippen LogP contribution < -0.4 is 9.47 Å². The van der Waals surface area contributed by atoms with E-state index >= 15 is 0 Å². The van der Waals surface area contributed by atoms with Crippen molar-refractivity contribution in [3.05, 3.63) is 54.6 Å². The van der Waals surface area contributed by atoms with Crippen LogP contribution in [0.3, 0.4) is 0 Å². The highest BCUT2D eigenvalue weighted by atomic mass is 16.7. The maximum absolute atomic E-state index is 5.35. The lowest BCUT2D eigenvalue weighted by atomic mass is 9.98. The van der Waals surface area contributed by atoms with Crippen LogP contribution in [0.4, 0.5) is 0 Å². The first-order valence-electron chi connectivity index (χ1n) is 5.53. The molecule has 85 valence electrons. The van der Waals surface area contributed by atoms with Crippen LogP contribution in [0, 0.1) is 12.3 Å². The molecule has 0 spiro atoms. The van der Waals surface area contributed by atoms with Gasteiger partial charge in [0.25, 0.3) is 0 Å². The van der Waals surface area contributed by atoms with Crippen molar-refractivity contribution in [1.82, 2.24) is 0 Å². The van der Waals surface area contributed by atoms with Crippen molar-refractivity contribution in [3.63, 3.8) is 0 Å². The van der Waals surface area contributed by atoms with E-state index in [1.165, 1.54) is 0 Å². The summed E-state index contributed by atoms with van der Waals surface area (Å²) in [6.45, 7) is 0.315. The molecule has 0 aromatic heterocycles. The number of ether oxygens (including phenoxy) is 2. The summed E-state index contributed by atoms with van der Waals surface area (Å²) in [6, 6.07) is 5.96. The fraction of sp³-hybridized carbons (Fsp3) is 0.143. The Morgan fingerprint density at radius 1 is 1.18 bits per heavy atom. The SMILES string of the molecule is [CH](c1ccc2c(c1)OCO2)C1C=CC=NC=C1. The van der Waals surface area contributed by atoms with Gasteiger partial charge in [0.2, 0.25) is 6.79 Å². The molecular weight excluding hydrogens is 214 g/mol. The van der Waals surface area contributed by atoms with Gasteiger partial charge in [0.05, 0.1) is 0 Å². The van der Waals surface area contributed by atoms with Gasteiger partial charge < -0.3 is 9.47 Å². The molecule has 1 aromatic rings. The quantitative estimate of drug-likeness (QED) is 0.776. The number of aliphatic imine (C=N–C) groups is 1. The van der Waals surface area contributed by atoms with Gasteiger partial charge in [-0.25, -0.2) is 0 Å². The zero-order valence-corrected chi connectivity index (χ0v) is 9.24. The van der Waals surface area contributed by atoms with Crippen molar-refractivity contribution in [2.45, 2.75) is 0 Å². The maximum Gasteiger partial charge on any atom is 0.231 e. The third-order valence-corrected chi connectivity index (χ3v) is 2.68. The smallest absolute Gasteiger partial charge is 0.231 e. The predicted molar refractivity (Wildman–Crippen MR) is 66.2 cm³/mol. The summed E-state index contributed by atoms with van der Waals surface area (Å²) in [6.07, 6.45) is 11.8. The highest BCUT2D eigenvalue weighted by Crippen LogP contribution is 2.33. The Morgan fingerprint density at radius 2 is 2.12 bits per heavy atom. The Morgan fingerprint density at radius 3 is 3.12 bits per heavy atom. The second kappa shape index (κ2) is 4.45. The molecule has 0 aliphatic carbocycles. The van der Waals surface area contributed by atoms with E-state index in [0.29, 0.717) is 6.79 Å². The monoisotopic (exact) mass is 226 g/mol. The molecule has 0 saturated carbocycles. The molecule has 0 N–H and O–H groups in total. The lowest BCUT2D eigenvalue weighted by Crippen LogP contribution is -1.94. The third-order valence-electron chi connectivity index (χ3n) is 2.68. The molecule has 1 aromatic carbocycles. The highest BCUT2D eigenvalue weighted by molar-refractivity contribution is 5.72. The van der Waals surface area contributed by atoms with Gasteiger partial charge in [-0.15, -0.1) is 0 Å². The van der Waals surface area contributed by atoms with Gasteiger partial charge in [-0.1, -0.05) is 18.2 Å². The number of hydrogen-bond donors (Lipinski definition) is 0. The Kier molecular flexibility index (Phi) is 2.66. The number of allylic oxidation sites excluding steroid dienone is 3. The van der Waals surface area contributed by atoms with Crippen LogP contribution in [0.5, 0.6) is 11.5 Å². The van der Waals surface area contributed by atoms with Crippen LogP contribution >= 0.6 is 0 Å². The summed E-state index contributed by atoms with van der Waals surface area (Å²) in [5, 5.41) is 0. The van der Waals surface area contributed by atoms with Crippen molar-refractivity contribution in [2.75, 3.05) is 6.79 Å². The molecule has 0 amide bonds. The van der Waals surface area contributed by atoms with E-state index in [2.05, 4.69) is 17.5 Å². The number of fused-ring (bicyclic) bond motifs is 1. The standard InChI is InChI=1S/C14H12NO2/c1-2-11(5-7-15-6-1)8-12-3-4-13-14(9-12)17-10-16-13/h1-9,11H,10H2. The van der Waals surface area contributed by atoms with Crippen molar-refractivity contribution in [2.24, 2.45) is 10.9 Å². The van der Waals surface area contributed by atoms with E-state index in [1.807, 2.05) is 36.6 Å². The maximum atomic E-state index is 5.35. The molecule has 3 nitrogen and oxygen atoms in total. The van der Waals surface area contributed by atoms with E-state index in [4.69, 9.17) is 9.47 Å². The van der Waals surface area contributed by atoms with Crippen LogP contribution in [-0.4, -0.2) is 13.0 Å². The van der Waals surface area contributed by atoms with Gasteiger partial charge in [0.1, 0.15) is 0 Å². The molecule has 2 aliphatic heterocycles. The summed E-state index contributed by atoms with van der Waals surface area (Å²) in [5.74, 6) is 1.90. The second-order valence-electron chi connectivity index (χ2n) is 3.88. The van der Waals surface area contributed by atoms with Crippen LogP contribution in [-0.2, 0) is 0 Å². The van der Waals surface area contributed by atoms with Gasteiger partial charge in [-0.2, -0.15) is 0 Å². The van der Waals surface area contributed by atoms with E-state index in [0.717, 1.165) is 17.1 Å². The molecule has 2 aliphatic rings. The first-order valence-corrected chi connectivity index (χ1v) is 5.53. The summed E-state index contributed by atoms with van der Waals surface area (Å²) in [5.41, 5.74) is 1.12. The van der Waals surface area contributed by atoms with Gasteiger partial charge >= 0.3 is 0 Å². The molecule has 3 heteroatoms. The largest absolute Gasteiger partial charge is 0.454 e. The van der Waals surface area contributed by atoms with E-state index in [-0.39, 0.29) is 5.92 Å². The average Bonchev–Trinajstić information content (AvgIpc) is 2.65. The molecule has 3 rings (SSSR count). The average molecular weight is 226 g/mol. The number of rotatable bonds is 2. The van der Waals surface area contributed by atoms with Crippen molar-refractivity contribution in [3.8, 4) is 11.5 Å². The van der Waals surface area contributed by atoms with Gasteiger partial charge in [-0.05, 0) is 23.8 Å². The minimum atomic E-state index is 0.262. The van der Waals surface area contributed by atoms with Gasteiger partial charge in [0.15, 0.2) is 11.5 Å². The molecule has 0 fully saturated rings. The highest BCUT2D eigenvalue weighted by Gasteiger charge is 2.14. The summed E-state index contributed by atoms with van der Waals surface area (Å²) >= 11 is 0. The minimum Gasteiger partial charge on any atom is -0.454 e. The van der Waals surface area contributed by atoms with E-state index in [1.54, 1.807) is 6.21 Å². The molecule has 17 heavy (non-hydrogen) atoms. The van der Waals surface area contributed by atoms with Crippen LogP contribution in [0.15, 0.2) is 47.6 Å². The lowest BCUT2D eigenvalue weighted by Gasteiger charge is -2.07. The Labute approximate surface area is 100 Å². The fourth-order valence-corrected chi connectivity index (χ4v) is 1.84. The number of benzene rings is 1. The Hall–Kier alpha value is -2.03. The lowest BCUT2D eigenvalue weighted by molar-refractivity contribution is 0.174. The van der Waals surface area contributed by atoms with Crippen molar-refractivity contribution < 1.29 is 9.47 Å². The normalized spacial score (nSPS) is 20.6. The zero-order chi connectivity index (χ0) is 11.5. The first-order chi connectivity index (χ1) is 8.42. The number of nitrogens with zero attached hydrogens (tertiary/aromatic N) is 1. The minimum absolute atomic E-state index is 0.262. The Balaban J connectivity index is 1.77. The van der Waals surface area contributed by atoms with Crippen molar-refractivity contribution in [1.29, 1.82) is 0 Å². The molecule has 1 atom stereocenters. The second-order valence-corrected chi connectivity index (χ2v) is 3.88. The van der Waals surface area contributed by atoms with Crippen LogP contribution in [0.25, 0.3) is 0 Å². The number of hydrogen-bond acceptors (Lipinski definition) is 3. The predicted octanol–water partition coefficient (Wildman–Crippen LogP) is 2.74. The molecule has 1 radical (unpaired) electrons. The van der Waals surface area contributed by atoms with Crippen molar-refractivity contribution >= 4 is 6.21 Å². The summed E-state index contributed by atoms with van der Waals surface area (Å²) < 4.78 is 10.6. The molecule has 0 bridgehead atoms.